The van der Waals surface area contributed by atoms with E-state index in [0.29, 0.717) is 49.5 Å². The van der Waals surface area contributed by atoms with Crippen molar-refractivity contribution in [1.82, 2.24) is 15.5 Å². The van der Waals surface area contributed by atoms with Crippen LogP contribution in [0.3, 0.4) is 0 Å². The normalized spacial score (nSPS) is 16.5. The van der Waals surface area contributed by atoms with Crippen LogP contribution in [0.1, 0.15) is 49.9 Å². The number of carbonyl (C=O) groups excluding carboxylic acids is 2. The summed E-state index contributed by atoms with van der Waals surface area (Å²) in [5.41, 5.74) is 5.12. The Hall–Kier alpha value is -3.59. The quantitative estimate of drug-likeness (QED) is 0.376. The Bertz CT molecular complexity index is 1330. The maximum atomic E-state index is 13.2. The number of hydrogen-bond acceptors (Lipinski definition) is 6. The van der Waals surface area contributed by atoms with E-state index in [1.807, 2.05) is 43.3 Å². The molecule has 0 unspecified atom stereocenters. The predicted molar refractivity (Wildman–Crippen MR) is 151 cm³/mol. The van der Waals surface area contributed by atoms with Gasteiger partial charge in [0.25, 0.3) is 11.8 Å². The monoisotopic (exact) mass is 551 g/mol. The van der Waals surface area contributed by atoms with Crippen LogP contribution in [-0.4, -0.2) is 54.2 Å². The van der Waals surface area contributed by atoms with Gasteiger partial charge in [-0.2, -0.15) is 0 Å². The standard InChI is InChI=1S/C30H33N3O5.ClH/c1-3-38-28-14-24-22(18-33(30(24)36)17-19-8-10-23(37-2)11-9-19)12-25(28)29(35)32-16-27(34)26-13-20-6-4-5-7-21(20)15-31-26;/h4-12,14,26-27,31,34H,3,13,15-18H2,1-2H3,(H,32,35);1H/t26-,27+;/m0./s1. The predicted octanol–water partition coefficient (Wildman–Crippen LogP) is 3.48. The molecule has 2 amide bonds. The number of carbonyl (C=O) groups is 2. The Morgan fingerprint density at radius 3 is 2.59 bits per heavy atom. The second-order valence-electron chi connectivity index (χ2n) is 9.69. The molecule has 2 atom stereocenters. The number of rotatable bonds is 9. The van der Waals surface area contributed by atoms with Gasteiger partial charge in [0.05, 0.1) is 25.4 Å². The third-order valence-electron chi connectivity index (χ3n) is 7.21. The first-order valence-corrected chi connectivity index (χ1v) is 12.9. The zero-order chi connectivity index (χ0) is 26.6. The first-order valence-electron chi connectivity index (χ1n) is 12.9. The Labute approximate surface area is 234 Å². The molecule has 39 heavy (non-hydrogen) atoms. The van der Waals surface area contributed by atoms with E-state index in [9.17, 15) is 14.7 Å². The molecule has 206 valence electrons. The van der Waals surface area contributed by atoms with Gasteiger partial charge in [0, 0.05) is 37.8 Å². The first-order chi connectivity index (χ1) is 18.5. The molecular weight excluding hydrogens is 518 g/mol. The highest BCUT2D eigenvalue weighted by Crippen LogP contribution is 2.31. The fraction of sp³-hybridized carbons (Fsp3) is 0.333. The number of hydrogen-bond donors (Lipinski definition) is 3. The second-order valence-corrected chi connectivity index (χ2v) is 9.69. The van der Waals surface area contributed by atoms with Crippen LogP contribution in [0.15, 0.2) is 60.7 Å². The van der Waals surface area contributed by atoms with Gasteiger partial charge >= 0.3 is 0 Å². The van der Waals surface area contributed by atoms with Crippen molar-refractivity contribution in [3.63, 3.8) is 0 Å². The number of amides is 2. The summed E-state index contributed by atoms with van der Waals surface area (Å²) in [5, 5.41) is 17.0. The number of benzene rings is 3. The number of aliphatic hydroxyl groups excluding tert-OH is 1. The molecule has 0 radical (unpaired) electrons. The Kier molecular flexibility index (Phi) is 9.12. The van der Waals surface area contributed by atoms with Crippen molar-refractivity contribution >= 4 is 24.2 Å². The van der Waals surface area contributed by atoms with Crippen molar-refractivity contribution in [2.75, 3.05) is 20.3 Å². The van der Waals surface area contributed by atoms with Crippen molar-refractivity contribution < 1.29 is 24.2 Å². The van der Waals surface area contributed by atoms with Crippen LogP contribution in [0.2, 0.25) is 0 Å². The summed E-state index contributed by atoms with van der Waals surface area (Å²) in [5.74, 6) is 0.689. The average molecular weight is 552 g/mol. The summed E-state index contributed by atoms with van der Waals surface area (Å²) in [7, 11) is 1.62. The fourth-order valence-electron chi connectivity index (χ4n) is 5.12. The van der Waals surface area contributed by atoms with E-state index in [-0.39, 0.29) is 36.8 Å². The highest BCUT2D eigenvalue weighted by atomic mass is 35.5. The molecule has 8 nitrogen and oxygen atoms in total. The third-order valence-corrected chi connectivity index (χ3v) is 7.21. The van der Waals surface area contributed by atoms with Gasteiger partial charge in [-0.25, -0.2) is 0 Å². The van der Waals surface area contributed by atoms with Crippen molar-refractivity contribution in [2.24, 2.45) is 0 Å². The molecule has 0 bridgehead atoms. The topological polar surface area (TPSA) is 100 Å². The average Bonchev–Trinajstić information content (AvgIpc) is 3.25. The molecule has 2 aliphatic rings. The van der Waals surface area contributed by atoms with Gasteiger partial charge in [0.1, 0.15) is 11.5 Å². The van der Waals surface area contributed by atoms with E-state index in [0.717, 1.165) is 16.9 Å². The highest BCUT2D eigenvalue weighted by molar-refractivity contribution is 6.03. The van der Waals surface area contributed by atoms with E-state index in [1.54, 1.807) is 24.1 Å². The Morgan fingerprint density at radius 1 is 1.13 bits per heavy atom. The van der Waals surface area contributed by atoms with Crippen molar-refractivity contribution in [1.29, 1.82) is 0 Å². The maximum absolute atomic E-state index is 13.2. The van der Waals surface area contributed by atoms with Crippen LogP contribution in [0.4, 0.5) is 0 Å². The lowest BCUT2D eigenvalue weighted by molar-refractivity contribution is 0.0766. The smallest absolute Gasteiger partial charge is 0.255 e. The third kappa shape index (κ3) is 6.19. The summed E-state index contributed by atoms with van der Waals surface area (Å²) in [4.78, 5) is 28.1. The Morgan fingerprint density at radius 2 is 1.87 bits per heavy atom. The summed E-state index contributed by atoms with van der Waals surface area (Å²) >= 11 is 0. The molecule has 0 saturated carbocycles. The SMILES string of the molecule is CCOc1cc2c(cc1C(=O)NC[C@@H](O)[C@@H]1Cc3ccccc3CN1)CN(Cc1ccc(OC)cc1)C2=O.Cl. The molecule has 2 aliphatic heterocycles. The molecule has 3 aromatic carbocycles. The molecule has 0 saturated heterocycles. The van der Waals surface area contributed by atoms with Crippen molar-refractivity contribution in [3.8, 4) is 11.5 Å². The lowest BCUT2D eigenvalue weighted by Crippen LogP contribution is -2.49. The van der Waals surface area contributed by atoms with E-state index >= 15 is 0 Å². The molecule has 3 N–H and O–H groups in total. The van der Waals surface area contributed by atoms with Crippen LogP contribution >= 0.6 is 12.4 Å². The summed E-state index contributed by atoms with van der Waals surface area (Å²) in [6.07, 6.45) is -0.0543. The Balaban J connectivity index is 0.00000353. The van der Waals surface area contributed by atoms with Crippen molar-refractivity contribution in [3.05, 3.63) is 94.0 Å². The minimum atomic E-state index is -0.751. The van der Waals surface area contributed by atoms with Gasteiger partial charge in [-0.3, -0.25) is 9.59 Å². The number of aliphatic hydroxyl groups is 1. The number of nitrogens with zero attached hydrogens (tertiary/aromatic N) is 1. The van der Waals surface area contributed by atoms with E-state index in [2.05, 4.69) is 22.8 Å². The largest absolute Gasteiger partial charge is 0.497 e. The number of halogens is 1. The molecule has 5 rings (SSSR count). The molecule has 9 heteroatoms. The highest BCUT2D eigenvalue weighted by Gasteiger charge is 2.31. The minimum Gasteiger partial charge on any atom is -0.497 e. The van der Waals surface area contributed by atoms with E-state index in [1.165, 1.54) is 11.1 Å². The zero-order valence-corrected chi connectivity index (χ0v) is 22.9. The van der Waals surface area contributed by atoms with Gasteiger partial charge < -0.3 is 30.1 Å². The first kappa shape index (κ1) is 28.4. The zero-order valence-electron chi connectivity index (χ0n) is 22.1. The number of fused-ring (bicyclic) bond motifs is 2. The van der Waals surface area contributed by atoms with Crippen LogP contribution in [0.5, 0.6) is 11.5 Å². The van der Waals surface area contributed by atoms with Crippen molar-refractivity contribution in [2.45, 2.75) is 45.1 Å². The molecule has 0 aliphatic carbocycles. The number of ether oxygens (including phenoxy) is 2. The van der Waals surface area contributed by atoms with Gasteiger partial charge in [-0.05, 0) is 59.9 Å². The maximum Gasteiger partial charge on any atom is 0.255 e. The molecule has 3 aromatic rings. The summed E-state index contributed by atoms with van der Waals surface area (Å²) in [6, 6.07) is 19.0. The van der Waals surface area contributed by atoms with Crippen LogP contribution in [-0.2, 0) is 26.1 Å². The van der Waals surface area contributed by atoms with Crippen LogP contribution in [0, 0.1) is 0 Å². The van der Waals surface area contributed by atoms with Crippen LogP contribution < -0.4 is 20.1 Å². The fourth-order valence-corrected chi connectivity index (χ4v) is 5.12. The molecule has 2 heterocycles. The van der Waals surface area contributed by atoms with E-state index < -0.39 is 6.10 Å². The molecule has 0 aromatic heterocycles. The number of methoxy groups -OCH3 is 1. The lowest BCUT2D eigenvalue weighted by atomic mass is 9.93. The van der Waals surface area contributed by atoms with Gasteiger partial charge in [-0.15, -0.1) is 12.4 Å². The van der Waals surface area contributed by atoms with Gasteiger partial charge in [0.15, 0.2) is 0 Å². The molecule has 0 fully saturated rings. The number of nitrogens with one attached hydrogen (secondary N) is 2. The molecular formula is C30H34ClN3O5. The molecule has 0 spiro atoms. The summed E-state index contributed by atoms with van der Waals surface area (Å²) < 4.78 is 11.0. The lowest BCUT2D eigenvalue weighted by Gasteiger charge is -2.30. The van der Waals surface area contributed by atoms with E-state index in [4.69, 9.17) is 9.47 Å². The van der Waals surface area contributed by atoms with Gasteiger partial charge in [0.2, 0.25) is 0 Å². The minimum absolute atomic E-state index is 0. The second kappa shape index (κ2) is 12.5. The summed E-state index contributed by atoms with van der Waals surface area (Å²) in [6.45, 7) is 3.84. The van der Waals surface area contributed by atoms with Gasteiger partial charge in [-0.1, -0.05) is 36.4 Å². The van der Waals surface area contributed by atoms with Crippen LogP contribution in [0.25, 0.3) is 0 Å².